The fourth-order valence-corrected chi connectivity index (χ4v) is 2.53. The highest BCUT2D eigenvalue weighted by atomic mass is 16.2. The molecule has 108 valence electrons. The molecule has 0 saturated carbocycles. The van der Waals surface area contributed by atoms with Gasteiger partial charge >= 0.3 is 0 Å². The van der Waals surface area contributed by atoms with Crippen molar-refractivity contribution in [1.29, 1.82) is 0 Å². The molecule has 1 rings (SSSR count). The van der Waals surface area contributed by atoms with E-state index in [9.17, 15) is 4.79 Å². The SMILES string of the molecule is CCCC(CN)(CCC)C(=O)NCCc1cnc[nH]1. The van der Waals surface area contributed by atoms with E-state index in [2.05, 4.69) is 29.1 Å². The number of rotatable bonds is 9. The average Bonchev–Trinajstić information content (AvgIpc) is 2.91. The number of amides is 1. The molecule has 0 aromatic carbocycles. The summed E-state index contributed by atoms with van der Waals surface area (Å²) in [5.41, 5.74) is 6.51. The molecule has 0 aliphatic heterocycles. The van der Waals surface area contributed by atoms with Crippen LogP contribution in [0.25, 0.3) is 0 Å². The molecule has 0 aliphatic carbocycles. The number of nitrogens with zero attached hydrogens (tertiary/aromatic N) is 1. The fourth-order valence-electron chi connectivity index (χ4n) is 2.53. The second kappa shape index (κ2) is 7.94. The second-order valence-electron chi connectivity index (χ2n) is 5.07. The number of H-pyrrole nitrogens is 1. The maximum atomic E-state index is 12.4. The Bertz CT molecular complexity index is 356. The molecule has 0 atom stereocenters. The van der Waals surface area contributed by atoms with Gasteiger partial charge in [0.05, 0.1) is 11.7 Å². The number of nitrogens with one attached hydrogen (secondary N) is 2. The Morgan fingerprint density at radius 2 is 2.11 bits per heavy atom. The van der Waals surface area contributed by atoms with Gasteiger partial charge in [-0.15, -0.1) is 0 Å². The number of hydrogen-bond acceptors (Lipinski definition) is 3. The highest BCUT2D eigenvalue weighted by molar-refractivity contribution is 5.82. The molecule has 0 aliphatic rings. The standard InChI is InChI=1S/C14H26N4O/c1-3-6-14(10-15,7-4-2)13(19)17-8-5-12-9-16-11-18-12/h9,11H,3-8,10,15H2,1-2H3,(H,16,18)(H,17,19). The van der Waals surface area contributed by atoms with Gasteiger partial charge in [-0.3, -0.25) is 4.79 Å². The van der Waals surface area contributed by atoms with Crippen LogP contribution in [-0.4, -0.2) is 29.0 Å². The molecule has 0 fully saturated rings. The van der Waals surface area contributed by atoms with Crippen molar-refractivity contribution in [3.05, 3.63) is 18.2 Å². The Morgan fingerprint density at radius 1 is 1.42 bits per heavy atom. The lowest BCUT2D eigenvalue weighted by molar-refractivity contribution is -0.131. The van der Waals surface area contributed by atoms with Gasteiger partial charge in [0, 0.05) is 31.4 Å². The lowest BCUT2D eigenvalue weighted by Crippen LogP contribution is -2.46. The molecule has 0 bridgehead atoms. The third-order valence-corrected chi connectivity index (χ3v) is 3.56. The van der Waals surface area contributed by atoms with Crippen molar-refractivity contribution in [2.24, 2.45) is 11.1 Å². The van der Waals surface area contributed by atoms with Crippen molar-refractivity contribution in [2.75, 3.05) is 13.1 Å². The monoisotopic (exact) mass is 266 g/mol. The highest BCUT2D eigenvalue weighted by Gasteiger charge is 2.34. The Kier molecular flexibility index (Phi) is 6.56. The van der Waals surface area contributed by atoms with Crippen LogP contribution in [0.2, 0.25) is 0 Å². The van der Waals surface area contributed by atoms with Crippen molar-refractivity contribution in [3.63, 3.8) is 0 Å². The molecule has 1 heterocycles. The summed E-state index contributed by atoms with van der Waals surface area (Å²) < 4.78 is 0. The highest BCUT2D eigenvalue weighted by Crippen LogP contribution is 2.28. The van der Waals surface area contributed by atoms with Gasteiger partial charge in [-0.1, -0.05) is 26.7 Å². The van der Waals surface area contributed by atoms with Crippen LogP contribution >= 0.6 is 0 Å². The summed E-state index contributed by atoms with van der Waals surface area (Å²) in [7, 11) is 0. The van der Waals surface area contributed by atoms with Crippen LogP contribution in [0.1, 0.15) is 45.2 Å². The van der Waals surface area contributed by atoms with E-state index in [0.29, 0.717) is 13.1 Å². The second-order valence-corrected chi connectivity index (χ2v) is 5.07. The summed E-state index contributed by atoms with van der Waals surface area (Å²) in [6.07, 6.45) is 7.86. The maximum absolute atomic E-state index is 12.4. The van der Waals surface area contributed by atoms with Crippen LogP contribution in [0.4, 0.5) is 0 Å². The molecule has 1 aromatic heterocycles. The van der Waals surface area contributed by atoms with Crippen molar-refractivity contribution >= 4 is 5.91 Å². The van der Waals surface area contributed by atoms with E-state index in [1.54, 1.807) is 12.5 Å². The first-order valence-corrected chi connectivity index (χ1v) is 7.14. The molecule has 5 nitrogen and oxygen atoms in total. The van der Waals surface area contributed by atoms with Crippen LogP contribution in [0, 0.1) is 5.41 Å². The van der Waals surface area contributed by atoms with Gasteiger partial charge in [0.2, 0.25) is 5.91 Å². The smallest absolute Gasteiger partial charge is 0.227 e. The van der Waals surface area contributed by atoms with Crippen molar-refractivity contribution in [3.8, 4) is 0 Å². The minimum atomic E-state index is -0.391. The summed E-state index contributed by atoms with van der Waals surface area (Å²) in [4.78, 5) is 19.4. The summed E-state index contributed by atoms with van der Waals surface area (Å²) in [5, 5.41) is 3.02. The predicted octanol–water partition coefficient (Wildman–Crippen LogP) is 1.61. The Labute approximate surface area is 115 Å². The molecule has 0 radical (unpaired) electrons. The first-order valence-electron chi connectivity index (χ1n) is 7.14. The third kappa shape index (κ3) is 4.35. The quantitative estimate of drug-likeness (QED) is 0.635. The number of hydrogen-bond donors (Lipinski definition) is 3. The Balaban J connectivity index is 2.51. The zero-order chi connectivity index (χ0) is 14.1. The van der Waals surface area contributed by atoms with E-state index in [1.807, 2.05) is 0 Å². The van der Waals surface area contributed by atoms with Gasteiger partial charge in [0.1, 0.15) is 0 Å². The lowest BCUT2D eigenvalue weighted by atomic mass is 9.78. The third-order valence-electron chi connectivity index (χ3n) is 3.56. The number of aromatic nitrogens is 2. The van der Waals surface area contributed by atoms with Crippen molar-refractivity contribution in [2.45, 2.75) is 46.0 Å². The zero-order valence-corrected chi connectivity index (χ0v) is 12.0. The van der Waals surface area contributed by atoms with Gasteiger partial charge < -0.3 is 16.0 Å². The zero-order valence-electron chi connectivity index (χ0n) is 12.0. The summed E-state index contributed by atoms with van der Waals surface area (Å²) >= 11 is 0. The topological polar surface area (TPSA) is 83.8 Å². The van der Waals surface area contributed by atoms with Gasteiger partial charge in [-0.25, -0.2) is 4.98 Å². The first-order chi connectivity index (χ1) is 9.18. The summed E-state index contributed by atoms with van der Waals surface area (Å²) in [6.45, 7) is 5.23. The van der Waals surface area contributed by atoms with Crippen LogP contribution in [-0.2, 0) is 11.2 Å². The molecule has 0 spiro atoms. The fraction of sp³-hybridized carbons (Fsp3) is 0.714. The van der Waals surface area contributed by atoms with E-state index >= 15 is 0 Å². The van der Waals surface area contributed by atoms with Gasteiger partial charge in [-0.2, -0.15) is 0 Å². The minimum Gasteiger partial charge on any atom is -0.355 e. The van der Waals surface area contributed by atoms with Gasteiger partial charge in [0.25, 0.3) is 0 Å². The number of aromatic amines is 1. The number of imidazole rings is 1. The van der Waals surface area contributed by atoms with E-state index in [0.717, 1.165) is 37.8 Å². The van der Waals surface area contributed by atoms with Crippen LogP contribution in [0.3, 0.4) is 0 Å². The minimum absolute atomic E-state index is 0.0956. The largest absolute Gasteiger partial charge is 0.355 e. The summed E-state index contributed by atoms with van der Waals surface area (Å²) in [6, 6.07) is 0. The van der Waals surface area contributed by atoms with E-state index in [-0.39, 0.29) is 5.91 Å². The van der Waals surface area contributed by atoms with E-state index in [1.165, 1.54) is 0 Å². The number of nitrogens with two attached hydrogens (primary N) is 1. The molecule has 19 heavy (non-hydrogen) atoms. The van der Waals surface area contributed by atoms with Crippen LogP contribution in [0.15, 0.2) is 12.5 Å². The number of carbonyl (C=O) groups is 1. The van der Waals surface area contributed by atoms with Crippen LogP contribution in [0.5, 0.6) is 0 Å². The van der Waals surface area contributed by atoms with Gasteiger partial charge in [-0.05, 0) is 12.8 Å². The Hall–Kier alpha value is -1.36. The van der Waals surface area contributed by atoms with Crippen molar-refractivity contribution < 1.29 is 4.79 Å². The van der Waals surface area contributed by atoms with Gasteiger partial charge in [0.15, 0.2) is 0 Å². The van der Waals surface area contributed by atoms with Crippen molar-refractivity contribution in [1.82, 2.24) is 15.3 Å². The maximum Gasteiger partial charge on any atom is 0.227 e. The molecule has 5 heteroatoms. The van der Waals surface area contributed by atoms with Crippen LogP contribution < -0.4 is 11.1 Å². The molecule has 1 amide bonds. The normalized spacial score (nSPS) is 11.5. The van der Waals surface area contributed by atoms with E-state index in [4.69, 9.17) is 5.73 Å². The lowest BCUT2D eigenvalue weighted by Gasteiger charge is -2.30. The predicted molar refractivity (Wildman–Crippen MR) is 76.6 cm³/mol. The molecule has 0 unspecified atom stereocenters. The first kappa shape index (κ1) is 15.7. The molecule has 4 N–H and O–H groups in total. The summed E-state index contributed by atoms with van der Waals surface area (Å²) in [5.74, 6) is 0.0956. The molecule has 1 aromatic rings. The Morgan fingerprint density at radius 3 is 2.58 bits per heavy atom. The average molecular weight is 266 g/mol. The van der Waals surface area contributed by atoms with E-state index < -0.39 is 5.41 Å². The molecular weight excluding hydrogens is 240 g/mol. The molecular formula is C14H26N4O. The number of carbonyl (C=O) groups excluding carboxylic acids is 1. The molecule has 0 saturated heterocycles.